The van der Waals surface area contributed by atoms with Gasteiger partial charge in [-0.15, -0.1) is 0 Å². The molecule has 26 heavy (non-hydrogen) atoms. The van der Waals surface area contributed by atoms with Gasteiger partial charge < -0.3 is 0 Å². The van der Waals surface area contributed by atoms with Gasteiger partial charge in [-0.1, -0.05) is 23.2 Å². The van der Waals surface area contributed by atoms with Crippen molar-refractivity contribution in [1.82, 2.24) is 0 Å². The van der Waals surface area contributed by atoms with Gasteiger partial charge in [0, 0.05) is 17.9 Å². The van der Waals surface area contributed by atoms with Gasteiger partial charge in [-0.05, 0) is 48.9 Å². The smallest absolute Gasteiger partial charge is 0.261 e. The van der Waals surface area contributed by atoms with Gasteiger partial charge >= 0.3 is 0 Å². The summed E-state index contributed by atoms with van der Waals surface area (Å²) in [5.41, 5.74) is 0.546. The molecule has 0 atom stereocenters. The van der Waals surface area contributed by atoms with Gasteiger partial charge in [-0.3, -0.25) is 19.2 Å². The Morgan fingerprint density at radius 2 is 1.54 bits per heavy atom. The first-order valence-corrected chi connectivity index (χ1v) is 9.95. The number of hydrogen-bond donors (Lipinski definition) is 1. The SMILES string of the molecule is O=C1CCCC(=O)N1c1ccc(S(=O)(=O)Nc2ccc(Cl)cc2Cl)cc1. The van der Waals surface area contributed by atoms with Crippen LogP contribution in [0.4, 0.5) is 11.4 Å². The fraction of sp³-hybridized carbons (Fsp3) is 0.176. The van der Waals surface area contributed by atoms with Gasteiger partial charge in [-0.25, -0.2) is 8.42 Å². The highest BCUT2D eigenvalue weighted by Gasteiger charge is 2.27. The number of nitrogens with zero attached hydrogens (tertiary/aromatic N) is 1. The normalized spacial score (nSPS) is 15.2. The molecule has 0 aliphatic carbocycles. The average molecular weight is 413 g/mol. The van der Waals surface area contributed by atoms with E-state index >= 15 is 0 Å². The molecule has 1 heterocycles. The number of rotatable bonds is 4. The molecule has 2 aromatic carbocycles. The van der Waals surface area contributed by atoms with Crippen molar-refractivity contribution in [2.45, 2.75) is 24.2 Å². The topological polar surface area (TPSA) is 83.6 Å². The molecule has 1 aliphatic heterocycles. The third-order valence-corrected chi connectivity index (χ3v) is 5.79. The second-order valence-electron chi connectivity index (χ2n) is 5.70. The van der Waals surface area contributed by atoms with E-state index in [0.717, 1.165) is 4.90 Å². The zero-order valence-electron chi connectivity index (χ0n) is 13.4. The Labute approximate surface area is 160 Å². The molecule has 1 fully saturated rings. The van der Waals surface area contributed by atoms with Gasteiger partial charge in [0.1, 0.15) is 0 Å². The molecule has 2 aromatic rings. The minimum Gasteiger partial charge on any atom is -0.278 e. The molecular weight excluding hydrogens is 399 g/mol. The molecule has 1 N–H and O–H groups in total. The lowest BCUT2D eigenvalue weighted by molar-refractivity contribution is -0.129. The van der Waals surface area contributed by atoms with Crippen LogP contribution in [0.3, 0.4) is 0 Å². The van der Waals surface area contributed by atoms with Gasteiger partial charge in [0.25, 0.3) is 10.0 Å². The van der Waals surface area contributed by atoms with Gasteiger partial charge in [0.15, 0.2) is 0 Å². The third kappa shape index (κ3) is 3.85. The fourth-order valence-corrected chi connectivity index (χ4v) is 4.18. The lowest BCUT2D eigenvalue weighted by atomic mass is 10.1. The molecule has 0 aromatic heterocycles. The van der Waals surface area contributed by atoms with Gasteiger partial charge in [0.05, 0.1) is 21.3 Å². The summed E-state index contributed by atoms with van der Waals surface area (Å²) in [5, 5.41) is 0.556. The highest BCUT2D eigenvalue weighted by Crippen LogP contribution is 2.28. The number of piperidine rings is 1. The lowest BCUT2D eigenvalue weighted by Crippen LogP contribution is -2.40. The Kier molecular flexibility index (Phi) is 5.22. The van der Waals surface area contributed by atoms with Crippen molar-refractivity contribution in [3.05, 3.63) is 52.5 Å². The summed E-state index contributed by atoms with van der Waals surface area (Å²) in [6.45, 7) is 0. The van der Waals surface area contributed by atoms with Crippen LogP contribution in [0.25, 0.3) is 0 Å². The Balaban J connectivity index is 1.85. The first-order valence-electron chi connectivity index (χ1n) is 7.72. The number of carbonyl (C=O) groups is 2. The number of amides is 2. The van der Waals surface area contributed by atoms with Crippen LogP contribution in [-0.2, 0) is 19.6 Å². The molecule has 0 radical (unpaired) electrons. The minimum absolute atomic E-state index is 0.0239. The van der Waals surface area contributed by atoms with E-state index in [1.165, 1.54) is 42.5 Å². The fourth-order valence-electron chi connectivity index (χ4n) is 2.59. The third-order valence-electron chi connectivity index (χ3n) is 3.86. The first-order chi connectivity index (χ1) is 12.3. The van der Waals surface area contributed by atoms with E-state index in [9.17, 15) is 18.0 Å². The number of sulfonamides is 1. The molecule has 6 nitrogen and oxygen atoms in total. The van der Waals surface area contributed by atoms with Crippen LogP contribution in [0, 0.1) is 0 Å². The second kappa shape index (κ2) is 7.26. The van der Waals surface area contributed by atoms with Crippen molar-refractivity contribution in [2.24, 2.45) is 0 Å². The summed E-state index contributed by atoms with van der Waals surface area (Å²) in [6.07, 6.45) is 1.12. The minimum atomic E-state index is -3.89. The zero-order chi connectivity index (χ0) is 18.9. The van der Waals surface area contributed by atoms with E-state index in [2.05, 4.69) is 4.72 Å². The van der Waals surface area contributed by atoms with Gasteiger partial charge in [0.2, 0.25) is 11.8 Å². The molecule has 1 saturated heterocycles. The molecule has 2 amide bonds. The van der Waals surface area contributed by atoms with E-state index in [4.69, 9.17) is 23.2 Å². The lowest BCUT2D eigenvalue weighted by Gasteiger charge is -2.24. The summed E-state index contributed by atoms with van der Waals surface area (Å²) in [5.74, 6) is -0.578. The Morgan fingerprint density at radius 3 is 2.12 bits per heavy atom. The van der Waals surface area contributed by atoms with Crippen LogP contribution in [0.5, 0.6) is 0 Å². The van der Waals surface area contributed by atoms with Crippen molar-refractivity contribution < 1.29 is 18.0 Å². The van der Waals surface area contributed by atoms with Crippen molar-refractivity contribution in [3.63, 3.8) is 0 Å². The maximum atomic E-state index is 12.5. The van der Waals surface area contributed by atoms with Gasteiger partial charge in [-0.2, -0.15) is 0 Å². The summed E-state index contributed by atoms with van der Waals surface area (Å²) in [4.78, 5) is 24.9. The van der Waals surface area contributed by atoms with E-state index in [0.29, 0.717) is 30.0 Å². The highest BCUT2D eigenvalue weighted by atomic mass is 35.5. The van der Waals surface area contributed by atoms with E-state index in [1.54, 1.807) is 0 Å². The largest absolute Gasteiger partial charge is 0.278 e. The number of benzene rings is 2. The maximum absolute atomic E-state index is 12.5. The molecular formula is C17H14Cl2N2O4S. The second-order valence-corrected chi connectivity index (χ2v) is 8.23. The van der Waals surface area contributed by atoms with E-state index in [-0.39, 0.29) is 27.4 Å². The molecule has 1 aliphatic rings. The maximum Gasteiger partial charge on any atom is 0.261 e. The van der Waals surface area contributed by atoms with Crippen molar-refractivity contribution in [2.75, 3.05) is 9.62 Å². The Hall–Kier alpha value is -2.09. The Bertz CT molecular complexity index is 959. The average Bonchev–Trinajstić information content (AvgIpc) is 2.58. The number of anilines is 2. The molecule has 136 valence electrons. The quantitative estimate of drug-likeness (QED) is 0.773. The van der Waals surface area contributed by atoms with Crippen LogP contribution in [0.1, 0.15) is 19.3 Å². The number of imide groups is 1. The summed E-state index contributed by atoms with van der Waals surface area (Å²) in [7, 11) is -3.89. The number of nitrogens with one attached hydrogen (secondary N) is 1. The van der Waals surface area contributed by atoms with Crippen molar-refractivity contribution >= 4 is 56.4 Å². The predicted octanol–water partition coefficient (Wildman–Crippen LogP) is 3.84. The van der Waals surface area contributed by atoms with Crippen LogP contribution in [0.2, 0.25) is 10.0 Å². The van der Waals surface area contributed by atoms with Crippen LogP contribution in [0.15, 0.2) is 47.4 Å². The number of carbonyl (C=O) groups excluding carboxylic acids is 2. The van der Waals surface area contributed by atoms with Crippen LogP contribution >= 0.6 is 23.2 Å². The first kappa shape index (κ1) is 18.7. The summed E-state index contributed by atoms with van der Waals surface area (Å²) >= 11 is 11.8. The van der Waals surface area contributed by atoms with E-state index < -0.39 is 10.0 Å². The number of halogens is 2. The van der Waals surface area contributed by atoms with Crippen molar-refractivity contribution in [1.29, 1.82) is 0 Å². The highest BCUT2D eigenvalue weighted by molar-refractivity contribution is 7.92. The molecule has 0 unspecified atom stereocenters. The molecule has 0 bridgehead atoms. The molecule has 9 heteroatoms. The Morgan fingerprint density at radius 1 is 0.923 bits per heavy atom. The predicted molar refractivity (Wildman–Crippen MR) is 100 cm³/mol. The number of hydrogen-bond acceptors (Lipinski definition) is 4. The van der Waals surface area contributed by atoms with Crippen LogP contribution < -0.4 is 9.62 Å². The summed E-state index contributed by atoms with van der Waals surface area (Å²) in [6, 6.07) is 9.92. The molecule has 3 rings (SSSR count). The van der Waals surface area contributed by atoms with Crippen LogP contribution in [-0.4, -0.2) is 20.2 Å². The van der Waals surface area contributed by atoms with E-state index in [1.807, 2.05) is 0 Å². The zero-order valence-corrected chi connectivity index (χ0v) is 15.7. The van der Waals surface area contributed by atoms with Crippen molar-refractivity contribution in [3.8, 4) is 0 Å². The molecule has 0 spiro atoms. The standard InChI is InChI=1S/C17H14Cl2N2O4S/c18-11-4-9-15(14(19)10-11)20-26(24,25)13-7-5-12(6-8-13)21-16(22)2-1-3-17(21)23/h4-10,20H,1-3H2. The monoisotopic (exact) mass is 412 g/mol. The summed E-state index contributed by atoms with van der Waals surface area (Å²) < 4.78 is 27.4. The molecule has 0 saturated carbocycles.